The lowest BCUT2D eigenvalue weighted by Crippen LogP contribution is -1.81. The van der Waals surface area contributed by atoms with E-state index in [4.69, 9.17) is 5.26 Å². The predicted octanol–water partition coefficient (Wildman–Crippen LogP) is 4.74. The van der Waals surface area contributed by atoms with Crippen molar-refractivity contribution in [1.29, 1.82) is 5.26 Å². The molecule has 2 aromatic carbocycles. The second-order valence-electron chi connectivity index (χ2n) is 3.94. The van der Waals surface area contributed by atoms with Crippen LogP contribution in [0.2, 0.25) is 0 Å². The van der Waals surface area contributed by atoms with Gasteiger partial charge in [-0.05, 0) is 29.8 Å². The molecular formula is C14H6BrFN2S. The van der Waals surface area contributed by atoms with Crippen LogP contribution < -0.4 is 0 Å². The van der Waals surface area contributed by atoms with Crippen molar-refractivity contribution in [3.8, 4) is 17.2 Å². The van der Waals surface area contributed by atoms with E-state index in [9.17, 15) is 4.39 Å². The molecule has 1 heterocycles. The summed E-state index contributed by atoms with van der Waals surface area (Å²) in [5.41, 5.74) is 2.62. The van der Waals surface area contributed by atoms with E-state index in [1.807, 2.05) is 12.1 Å². The van der Waals surface area contributed by atoms with E-state index in [2.05, 4.69) is 27.0 Å². The number of thiazole rings is 1. The van der Waals surface area contributed by atoms with Crippen LogP contribution in [-0.4, -0.2) is 4.98 Å². The molecule has 0 amide bonds. The summed E-state index contributed by atoms with van der Waals surface area (Å²) in [6, 6.07) is 12.2. The van der Waals surface area contributed by atoms with Gasteiger partial charge in [0.15, 0.2) is 5.01 Å². The van der Waals surface area contributed by atoms with E-state index < -0.39 is 0 Å². The summed E-state index contributed by atoms with van der Waals surface area (Å²) in [6.45, 7) is 0. The van der Waals surface area contributed by atoms with E-state index in [1.54, 1.807) is 12.1 Å². The third-order valence-corrected chi connectivity index (χ3v) is 4.17. The van der Waals surface area contributed by atoms with Crippen LogP contribution in [0.5, 0.6) is 0 Å². The number of nitrogens with zero attached hydrogens (tertiary/aromatic N) is 2. The lowest BCUT2D eigenvalue weighted by atomic mass is 10.1. The van der Waals surface area contributed by atoms with Crippen molar-refractivity contribution in [2.75, 3.05) is 0 Å². The van der Waals surface area contributed by atoms with Gasteiger partial charge in [-0.1, -0.05) is 28.1 Å². The molecule has 0 atom stereocenters. The van der Waals surface area contributed by atoms with Crippen LogP contribution in [0.25, 0.3) is 21.3 Å². The highest BCUT2D eigenvalue weighted by Crippen LogP contribution is 2.35. The molecule has 0 aliphatic carbocycles. The Labute approximate surface area is 121 Å². The molecule has 0 aliphatic heterocycles. The number of nitriles is 1. The van der Waals surface area contributed by atoms with Gasteiger partial charge in [0.1, 0.15) is 11.9 Å². The van der Waals surface area contributed by atoms with Crippen LogP contribution in [0.1, 0.15) is 5.01 Å². The molecule has 3 rings (SSSR count). The highest BCUT2D eigenvalue weighted by atomic mass is 79.9. The lowest BCUT2D eigenvalue weighted by molar-refractivity contribution is 0.628. The summed E-state index contributed by atoms with van der Waals surface area (Å²) >= 11 is 4.78. The Kier molecular flexibility index (Phi) is 3.05. The molecule has 5 heteroatoms. The number of aromatic nitrogens is 1. The van der Waals surface area contributed by atoms with E-state index in [0.29, 0.717) is 5.01 Å². The molecular weight excluding hydrogens is 327 g/mol. The van der Waals surface area contributed by atoms with Crippen molar-refractivity contribution in [1.82, 2.24) is 4.98 Å². The average Bonchev–Trinajstić information content (AvgIpc) is 2.81. The average molecular weight is 333 g/mol. The van der Waals surface area contributed by atoms with Crippen molar-refractivity contribution >= 4 is 37.5 Å². The van der Waals surface area contributed by atoms with E-state index >= 15 is 0 Å². The van der Waals surface area contributed by atoms with Gasteiger partial charge in [-0.2, -0.15) is 5.26 Å². The second-order valence-corrected chi connectivity index (χ2v) is 5.85. The summed E-state index contributed by atoms with van der Waals surface area (Å²) in [6.07, 6.45) is 0. The highest BCUT2D eigenvalue weighted by Gasteiger charge is 2.11. The van der Waals surface area contributed by atoms with Crippen LogP contribution in [0, 0.1) is 17.1 Å². The van der Waals surface area contributed by atoms with Crippen molar-refractivity contribution in [3.63, 3.8) is 0 Å². The van der Waals surface area contributed by atoms with Gasteiger partial charge >= 0.3 is 0 Å². The Hall–Kier alpha value is -1.77. The van der Waals surface area contributed by atoms with Gasteiger partial charge in [0.2, 0.25) is 0 Å². The first-order valence-corrected chi connectivity index (χ1v) is 7.04. The third-order valence-electron chi connectivity index (χ3n) is 2.71. The maximum Gasteiger partial charge on any atom is 0.195 e. The SMILES string of the molecule is N#Cc1nc2cc(Br)cc(-c3ccc(F)cc3)c2s1. The quantitative estimate of drug-likeness (QED) is 0.645. The molecule has 0 N–H and O–H groups in total. The molecule has 92 valence electrons. The fraction of sp³-hybridized carbons (Fsp3) is 0. The topological polar surface area (TPSA) is 36.7 Å². The summed E-state index contributed by atoms with van der Waals surface area (Å²) < 4.78 is 14.8. The smallest absolute Gasteiger partial charge is 0.195 e. The van der Waals surface area contributed by atoms with Crippen LogP contribution in [-0.2, 0) is 0 Å². The van der Waals surface area contributed by atoms with Gasteiger partial charge in [0, 0.05) is 10.0 Å². The van der Waals surface area contributed by atoms with Gasteiger partial charge in [-0.25, -0.2) is 9.37 Å². The third kappa shape index (κ3) is 2.25. The van der Waals surface area contributed by atoms with E-state index in [-0.39, 0.29) is 5.82 Å². The first-order chi connectivity index (χ1) is 9.17. The number of fused-ring (bicyclic) bond motifs is 1. The molecule has 0 radical (unpaired) electrons. The molecule has 19 heavy (non-hydrogen) atoms. The minimum atomic E-state index is -0.267. The van der Waals surface area contributed by atoms with Crippen molar-refractivity contribution < 1.29 is 4.39 Å². The van der Waals surface area contributed by atoms with Crippen molar-refractivity contribution in [2.24, 2.45) is 0 Å². The highest BCUT2D eigenvalue weighted by molar-refractivity contribution is 9.10. The Bertz CT molecular complexity index is 803. The van der Waals surface area contributed by atoms with Crippen LogP contribution in [0.15, 0.2) is 40.9 Å². The Morgan fingerprint density at radius 3 is 2.63 bits per heavy atom. The van der Waals surface area contributed by atoms with Gasteiger partial charge in [0.25, 0.3) is 0 Å². The monoisotopic (exact) mass is 332 g/mol. The zero-order chi connectivity index (χ0) is 13.4. The first kappa shape index (κ1) is 12.3. The lowest BCUT2D eigenvalue weighted by Gasteiger charge is -2.04. The summed E-state index contributed by atoms with van der Waals surface area (Å²) in [5, 5.41) is 9.37. The molecule has 0 spiro atoms. The van der Waals surface area contributed by atoms with Crippen LogP contribution in [0.3, 0.4) is 0 Å². The molecule has 0 bridgehead atoms. The standard InChI is InChI=1S/C14H6BrFN2S/c15-9-5-11(8-1-3-10(16)4-2-8)14-12(6-9)18-13(7-17)19-14/h1-6H. The fourth-order valence-electron chi connectivity index (χ4n) is 1.89. The van der Waals surface area contributed by atoms with Crippen molar-refractivity contribution in [3.05, 3.63) is 51.7 Å². The Balaban J connectivity index is 2.30. The number of rotatable bonds is 1. The molecule has 3 aromatic rings. The van der Waals surface area contributed by atoms with Crippen molar-refractivity contribution in [2.45, 2.75) is 0 Å². The van der Waals surface area contributed by atoms with Crippen LogP contribution in [0.4, 0.5) is 4.39 Å². The molecule has 0 aliphatic rings. The zero-order valence-corrected chi connectivity index (χ0v) is 11.9. The molecule has 0 saturated carbocycles. The minimum absolute atomic E-state index is 0.267. The summed E-state index contributed by atoms with van der Waals surface area (Å²) in [5.74, 6) is -0.267. The first-order valence-electron chi connectivity index (χ1n) is 5.43. The largest absolute Gasteiger partial charge is 0.226 e. The number of hydrogen-bond donors (Lipinski definition) is 0. The molecule has 2 nitrogen and oxygen atoms in total. The zero-order valence-electron chi connectivity index (χ0n) is 9.52. The summed E-state index contributed by atoms with van der Waals surface area (Å²) in [4.78, 5) is 4.25. The predicted molar refractivity (Wildman–Crippen MR) is 77.4 cm³/mol. The maximum absolute atomic E-state index is 13.0. The number of halogens is 2. The molecule has 0 fully saturated rings. The Morgan fingerprint density at radius 2 is 1.95 bits per heavy atom. The molecule has 0 unspecified atom stereocenters. The fourth-order valence-corrected chi connectivity index (χ4v) is 3.21. The minimum Gasteiger partial charge on any atom is -0.226 e. The normalized spacial score (nSPS) is 10.6. The van der Waals surface area contributed by atoms with E-state index in [0.717, 1.165) is 25.8 Å². The van der Waals surface area contributed by atoms with Gasteiger partial charge < -0.3 is 0 Å². The maximum atomic E-state index is 13.0. The van der Waals surface area contributed by atoms with Gasteiger partial charge in [-0.15, -0.1) is 11.3 Å². The van der Waals surface area contributed by atoms with E-state index in [1.165, 1.54) is 23.5 Å². The van der Waals surface area contributed by atoms with Gasteiger partial charge in [0.05, 0.1) is 10.2 Å². The molecule has 1 aromatic heterocycles. The Morgan fingerprint density at radius 1 is 1.21 bits per heavy atom. The van der Waals surface area contributed by atoms with Crippen LogP contribution >= 0.6 is 27.3 Å². The summed E-state index contributed by atoms with van der Waals surface area (Å²) in [7, 11) is 0. The second kappa shape index (κ2) is 4.72. The molecule has 0 saturated heterocycles. The number of hydrogen-bond acceptors (Lipinski definition) is 3. The van der Waals surface area contributed by atoms with Gasteiger partial charge in [-0.3, -0.25) is 0 Å². The number of benzene rings is 2.